The number of nitrogens with one attached hydrogen (secondary N) is 2. The van der Waals surface area contributed by atoms with Crippen LogP contribution in [0.5, 0.6) is 5.75 Å². The lowest BCUT2D eigenvalue weighted by Crippen LogP contribution is -2.43. The van der Waals surface area contributed by atoms with Crippen LogP contribution in [0.25, 0.3) is 0 Å². The first-order valence-corrected chi connectivity index (χ1v) is 8.30. The summed E-state index contributed by atoms with van der Waals surface area (Å²) in [7, 11) is -2.97. The Morgan fingerprint density at radius 3 is 2.70 bits per heavy atom. The van der Waals surface area contributed by atoms with Crippen molar-refractivity contribution in [1.82, 2.24) is 10.6 Å². The number of carbonyl (C=O) groups is 1. The minimum atomic E-state index is -2.97. The van der Waals surface area contributed by atoms with Gasteiger partial charge in [-0.3, -0.25) is 0 Å². The molecule has 1 unspecified atom stereocenters. The highest BCUT2D eigenvalue weighted by atomic mass is 32.2. The van der Waals surface area contributed by atoms with Crippen molar-refractivity contribution in [2.75, 3.05) is 24.7 Å². The fourth-order valence-corrected chi connectivity index (χ4v) is 3.67. The van der Waals surface area contributed by atoms with Crippen LogP contribution in [0.3, 0.4) is 0 Å². The van der Waals surface area contributed by atoms with E-state index < -0.39 is 9.84 Å². The van der Waals surface area contributed by atoms with Crippen molar-refractivity contribution in [3.8, 4) is 5.75 Å². The molecular weight excluding hydrogens is 280 g/mol. The third-order valence-electron chi connectivity index (χ3n) is 2.97. The first-order valence-electron chi connectivity index (χ1n) is 6.48. The van der Waals surface area contributed by atoms with Crippen LogP contribution in [0.15, 0.2) is 30.3 Å². The van der Waals surface area contributed by atoms with E-state index in [1.165, 1.54) is 0 Å². The van der Waals surface area contributed by atoms with Gasteiger partial charge in [0.1, 0.15) is 12.4 Å². The first kappa shape index (κ1) is 14.6. The zero-order valence-electron chi connectivity index (χ0n) is 11.0. The van der Waals surface area contributed by atoms with E-state index in [1.54, 1.807) is 0 Å². The second-order valence-corrected chi connectivity index (χ2v) is 6.89. The molecule has 1 atom stereocenters. The molecule has 0 saturated carbocycles. The SMILES string of the molecule is O=C(NCCOc1ccccc1)NC1CCS(=O)(=O)C1. The van der Waals surface area contributed by atoms with Crippen LogP contribution in [-0.4, -0.2) is 45.1 Å². The maximum absolute atomic E-state index is 11.5. The number of carbonyl (C=O) groups excluding carboxylic acids is 1. The molecule has 20 heavy (non-hydrogen) atoms. The fourth-order valence-electron chi connectivity index (χ4n) is 2.00. The van der Waals surface area contributed by atoms with Crippen LogP contribution in [0.2, 0.25) is 0 Å². The molecule has 7 heteroatoms. The van der Waals surface area contributed by atoms with E-state index in [1.807, 2.05) is 30.3 Å². The summed E-state index contributed by atoms with van der Waals surface area (Å²) in [6.07, 6.45) is 0.482. The summed E-state index contributed by atoms with van der Waals surface area (Å²) in [6.45, 7) is 0.723. The van der Waals surface area contributed by atoms with Crippen molar-refractivity contribution < 1.29 is 17.9 Å². The minimum absolute atomic E-state index is 0.0287. The summed E-state index contributed by atoms with van der Waals surface area (Å²) in [5.41, 5.74) is 0. The first-order chi connectivity index (χ1) is 9.55. The lowest BCUT2D eigenvalue weighted by molar-refractivity contribution is 0.233. The largest absolute Gasteiger partial charge is 0.492 e. The van der Waals surface area contributed by atoms with Gasteiger partial charge >= 0.3 is 6.03 Å². The molecular formula is C13H18N2O4S. The molecule has 1 heterocycles. The monoisotopic (exact) mass is 298 g/mol. The van der Waals surface area contributed by atoms with Gasteiger partial charge in [-0.05, 0) is 18.6 Å². The lowest BCUT2D eigenvalue weighted by atomic mass is 10.3. The third kappa shape index (κ3) is 4.73. The summed E-state index contributed by atoms with van der Waals surface area (Å²) in [6, 6.07) is 8.67. The highest BCUT2D eigenvalue weighted by Crippen LogP contribution is 2.11. The van der Waals surface area contributed by atoms with Gasteiger partial charge in [-0.15, -0.1) is 0 Å². The zero-order valence-corrected chi connectivity index (χ0v) is 11.9. The minimum Gasteiger partial charge on any atom is -0.492 e. The number of hydrogen-bond donors (Lipinski definition) is 2. The highest BCUT2D eigenvalue weighted by molar-refractivity contribution is 7.91. The van der Waals surface area contributed by atoms with Crippen molar-refractivity contribution in [3.63, 3.8) is 0 Å². The standard InChI is InChI=1S/C13H18N2O4S/c16-13(15-11-6-9-20(17,18)10-11)14-7-8-19-12-4-2-1-3-5-12/h1-5,11H,6-10H2,(H2,14,15,16). The number of ether oxygens (including phenoxy) is 1. The van der Waals surface area contributed by atoms with E-state index in [-0.39, 0.29) is 23.6 Å². The maximum Gasteiger partial charge on any atom is 0.315 e. The molecule has 1 aromatic rings. The fraction of sp³-hybridized carbons (Fsp3) is 0.462. The topological polar surface area (TPSA) is 84.5 Å². The summed E-state index contributed by atoms with van der Waals surface area (Å²) in [5.74, 6) is 0.923. The molecule has 0 aromatic heterocycles. The Labute approximate surface area is 118 Å². The van der Waals surface area contributed by atoms with Crippen molar-refractivity contribution in [1.29, 1.82) is 0 Å². The van der Waals surface area contributed by atoms with Gasteiger partial charge in [0.15, 0.2) is 9.84 Å². The molecule has 110 valence electrons. The van der Waals surface area contributed by atoms with Crippen molar-refractivity contribution in [3.05, 3.63) is 30.3 Å². The number of benzene rings is 1. The number of rotatable bonds is 5. The van der Waals surface area contributed by atoms with Crippen LogP contribution in [-0.2, 0) is 9.84 Å². The van der Waals surface area contributed by atoms with E-state index in [2.05, 4.69) is 10.6 Å². The molecule has 0 bridgehead atoms. The number of urea groups is 1. The summed E-state index contributed by atoms with van der Waals surface area (Å²) < 4.78 is 27.9. The number of para-hydroxylation sites is 1. The molecule has 2 N–H and O–H groups in total. The molecule has 6 nitrogen and oxygen atoms in total. The second kappa shape index (κ2) is 6.60. The van der Waals surface area contributed by atoms with Crippen LogP contribution in [0.4, 0.5) is 4.79 Å². The third-order valence-corrected chi connectivity index (χ3v) is 4.74. The zero-order chi connectivity index (χ0) is 14.4. The van der Waals surface area contributed by atoms with E-state index in [0.717, 1.165) is 5.75 Å². The predicted octanol–water partition coefficient (Wildman–Crippen LogP) is 0.552. The molecule has 1 aromatic carbocycles. The molecule has 1 fully saturated rings. The van der Waals surface area contributed by atoms with Gasteiger partial charge in [-0.1, -0.05) is 18.2 Å². The van der Waals surface area contributed by atoms with E-state index in [9.17, 15) is 13.2 Å². The number of hydrogen-bond acceptors (Lipinski definition) is 4. The van der Waals surface area contributed by atoms with Gasteiger partial charge in [0.2, 0.25) is 0 Å². The van der Waals surface area contributed by atoms with E-state index in [0.29, 0.717) is 19.6 Å². The normalized spacial score (nSPS) is 20.3. The molecule has 2 rings (SSSR count). The number of amides is 2. The lowest BCUT2D eigenvalue weighted by Gasteiger charge is -2.12. The van der Waals surface area contributed by atoms with Crippen LogP contribution < -0.4 is 15.4 Å². The summed E-state index contributed by atoms with van der Waals surface area (Å²) in [4.78, 5) is 11.5. The van der Waals surface area contributed by atoms with Gasteiger partial charge < -0.3 is 15.4 Å². The van der Waals surface area contributed by atoms with Gasteiger partial charge in [-0.25, -0.2) is 13.2 Å². The molecule has 1 aliphatic rings. The quantitative estimate of drug-likeness (QED) is 0.778. The highest BCUT2D eigenvalue weighted by Gasteiger charge is 2.28. The Morgan fingerprint density at radius 1 is 1.30 bits per heavy atom. The van der Waals surface area contributed by atoms with Gasteiger partial charge in [0.05, 0.1) is 18.1 Å². The summed E-state index contributed by atoms with van der Waals surface area (Å²) >= 11 is 0. The molecule has 0 spiro atoms. The average Bonchev–Trinajstić information content (AvgIpc) is 2.75. The molecule has 1 aliphatic heterocycles. The van der Waals surface area contributed by atoms with Crippen LogP contribution in [0, 0.1) is 0 Å². The van der Waals surface area contributed by atoms with Gasteiger partial charge in [-0.2, -0.15) is 0 Å². The Morgan fingerprint density at radius 2 is 2.05 bits per heavy atom. The maximum atomic E-state index is 11.5. The van der Waals surface area contributed by atoms with Gasteiger partial charge in [0.25, 0.3) is 0 Å². The predicted molar refractivity (Wildman–Crippen MR) is 75.5 cm³/mol. The molecule has 0 radical (unpaired) electrons. The molecule has 0 aliphatic carbocycles. The van der Waals surface area contributed by atoms with Crippen molar-refractivity contribution in [2.24, 2.45) is 0 Å². The van der Waals surface area contributed by atoms with Crippen LogP contribution in [0.1, 0.15) is 6.42 Å². The van der Waals surface area contributed by atoms with E-state index in [4.69, 9.17) is 4.74 Å². The Kier molecular flexibility index (Phi) is 4.84. The smallest absolute Gasteiger partial charge is 0.315 e. The molecule has 1 saturated heterocycles. The molecule has 2 amide bonds. The second-order valence-electron chi connectivity index (χ2n) is 4.66. The summed E-state index contributed by atoms with van der Waals surface area (Å²) in [5, 5.41) is 5.29. The van der Waals surface area contributed by atoms with Crippen molar-refractivity contribution >= 4 is 15.9 Å². The van der Waals surface area contributed by atoms with Crippen molar-refractivity contribution in [2.45, 2.75) is 12.5 Å². The average molecular weight is 298 g/mol. The van der Waals surface area contributed by atoms with E-state index >= 15 is 0 Å². The van der Waals surface area contributed by atoms with Crippen LogP contribution >= 0.6 is 0 Å². The Hall–Kier alpha value is -1.76. The van der Waals surface area contributed by atoms with Gasteiger partial charge in [0, 0.05) is 6.04 Å². The number of sulfone groups is 1. The Balaban J connectivity index is 1.61. The Bertz CT molecular complexity index is 545.